The van der Waals surface area contributed by atoms with Crippen molar-refractivity contribution in [2.75, 3.05) is 0 Å². The topological polar surface area (TPSA) is 36.7 Å². The Balaban J connectivity index is 2.55. The molecule has 4 heteroatoms. The summed E-state index contributed by atoms with van der Waals surface area (Å²) in [6.45, 7) is 2.00. The second kappa shape index (κ2) is 5.11. The summed E-state index contributed by atoms with van der Waals surface area (Å²) < 4.78 is 0. The Morgan fingerprint density at radius 2 is 2.46 bits per heavy atom. The van der Waals surface area contributed by atoms with Crippen molar-refractivity contribution in [2.24, 2.45) is 0 Å². The lowest BCUT2D eigenvalue weighted by Crippen LogP contribution is -1.94. The summed E-state index contributed by atoms with van der Waals surface area (Å²) in [5.74, 6) is 0. The average molecular weight is 213 g/mol. The maximum atomic E-state index is 8.45. The minimum atomic E-state index is 0.277. The average Bonchev–Trinajstić information content (AvgIpc) is 2.09. The van der Waals surface area contributed by atoms with Gasteiger partial charge in [0.2, 0.25) is 0 Å². The largest absolute Gasteiger partial charge is 0.248 e. The Bertz CT molecular complexity index is 304. The molecule has 0 saturated carbocycles. The van der Waals surface area contributed by atoms with E-state index in [1.165, 1.54) is 0 Å². The van der Waals surface area contributed by atoms with Gasteiger partial charge in [0.25, 0.3) is 0 Å². The van der Waals surface area contributed by atoms with Crippen LogP contribution in [0.1, 0.15) is 13.3 Å². The van der Waals surface area contributed by atoms with Gasteiger partial charge in [0.1, 0.15) is 0 Å². The number of rotatable bonds is 3. The molecule has 0 aliphatic heterocycles. The van der Waals surface area contributed by atoms with Crippen LogP contribution in [0, 0.1) is 11.3 Å². The van der Waals surface area contributed by atoms with Crippen LogP contribution in [0.4, 0.5) is 0 Å². The monoisotopic (exact) mass is 212 g/mol. The Morgan fingerprint density at radius 3 is 3.00 bits per heavy atom. The molecule has 0 aromatic carbocycles. The maximum absolute atomic E-state index is 8.45. The van der Waals surface area contributed by atoms with Crippen molar-refractivity contribution >= 4 is 23.4 Å². The number of pyridine rings is 1. The van der Waals surface area contributed by atoms with Crippen molar-refractivity contribution in [2.45, 2.75) is 23.6 Å². The van der Waals surface area contributed by atoms with Crippen molar-refractivity contribution < 1.29 is 0 Å². The predicted octanol–water partition coefficient (Wildman–Crippen LogP) is 3.13. The van der Waals surface area contributed by atoms with Crippen LogP contribution in [0.5, 0.6) is 0 Å². The zero-order valence-electron chi connectivity index (χ0n) is 7.20. The molecule has 1 heterocycles. The fourth-order valence-corrected chi connectivity index (χ4v) is 1.75. The number of aromatic nitrogens is 1. The normalized spacial score (nSPS) is 12.1. The molecule has 0 radical (unpaired) electrons. The minimum absolute atomic E-state index is 0.277. The first-order valence-corrected chi connectivity index (χ1v) is 5.13. The van der Waals surface area contributed by atoms with Gasteiger partial charge in [-0.15, -0.1) is 11.8 Å². The van der Waals surface area contributed by atoms with Crippen molar-refractivity contribution in [1.82, 2.24) is 4.98 Å². The lowest BCUT2D eigenvalue weighted by atomic mass is 10.4. The Hall–Kier alpha value is -0.720. The lowest BCUT2D eigenvalue weighted by Gasteiger charge is -2.04. The van der Waals surface area contributed by atoms with Crippen molar-refractivity contribution in [3.05, 3.63) is 23.4 Å². The maximum Gasteiger partial charge on any atom is 0.0963 e. The van der Waals surface area contributed by atoms with Crippen molar-refractivity contribution in [1.29, 1.82) is 5.26 Å². The fraction of sp³-hybridized carbons (Fsp3) is 0.333. The molecule has 1 aromatic heterocycles. The number of halogens is 1. The summed E-state index contributed by atoms with van der Waals surface area (Å²) >= 11 is 7.27. The highest BCUT2D eigenvalue weighted by molar-refractivity contribution is 7.99. The van der Waals surface area contributed by atoms with Gasteiger partial charge in [0, 0.05) is 17.9 Å². The Kier molecular flexibility index (Phi) is 4.07. The van der Waals surface area contributed by atoms with Crippen LogP contribution >= 0.6 is 23.4 Å². The van der Waals surface area contributed by atoms with Gasteiger partial charge in [0.15, 0.2) is 0 Å². The molecular formula is C9H9ClN2S. The van der Waals surface area contributed by atoms with Gasteiger partial charge >= 0.3 is 0 Å². The summed E-state index contributed by atoms with van der Waals surface area (Å²) in [5, 5.41) is 10.3. The third kappa shape index (κ3) is 3.67. The van der Waals surface area contributed by atoms with Crippen molar-refractivity contribution in [3.8, 4) is 6.07 Å². The summed E-state index contributed by atoms with van der Waals surface area (Å²) in [5.41, 5.74) is 0. The van der Waals surface area contributed by atoms with E-state index < -0.39 is 0 Å². The molecule has 1 aromatic rings. The number of nitriles is 1. The van der Waals surface area contributed by atoms with E-state index in [1.807, 2.05) is 13.0 Å². The number of nitrogens with zero attached hydrogens (tertiary/aromatic N) is 2. The fourth-order valence-electron chi connectivity index (χ4n) is 0.808. The van der Waals surface area contributed by atoms with Gasteiger partial charge in [-0.1, -0.05) is 18.5 Å². The van der Waals surface area contributed by atoms with E-state index in [4.69, 9.17) is 16.9 Å². The van der Waals surface area contributed by atoms with E-state index in [9.17, 15) is 0 Å². The summed E-state index contributed by atoms with van der Waals surface area (Å²) in [7, 11) is 0. The molecule has 68 valence electrons. The third-order valence-corrected chi connectivity index (χ3v) is 2.68. The number of thioether (sulfide) groups is 1. The molecule has 0 aliphatic carbocycles. The van der Waals surface area contributed by atoms with E-state index in [2.05, 4.69) is 11.1 Å². The first kappa shape index (κ1) is 10.4. The quantitative estimate of drug-likeness (QED) is 0.723. The highest BCUT2D eigenvalue weighted by Crippen LogP contribution is 2.23. The van der Waals surface area contributed by atoms with Crippen LogP contribution in [0.2, 0.25) is 5.02 Å². The van der Waals surface area contributed by atoms with Gasteiger partial charge in [-0.3, -0.25) is 0 Å². The van der Waals surface area contributed by atoms with E-state index in [0.717, 1.165) is 5.03 Å². The molecule has 0 amide bonds. The first-order chi connectivity index (χ1) is 6.22. The zero-order valence-corrected chi connectivity index (χ0v) is 8.77. The third-order valence-electron chi connectivity index (χ3n) is 1.40. The van der Waals surface area contributed by atoms with Crippen LogP contribution in [-0.2, 0) is 0 Å². The van der Waals surface area contributed by atoms with Crippen LogP contribution in [0.15, 0.2) is 23.4 Å². The molecule has 0 saturated heterocycles. The Labute approximate surface area is 86.9 Å². The van der Waals surface area contributed by atoms with Gasteiger partial charge in [-0.2, -0.15) is 5.26 Å². The highest BCUT2D eigenvalue weighted by atomic mass is 35.5. The molecule has 13 heavy (non-hydrogen) atoms. The van der Waals surface area contributed by atoms with E-state index in [1.54, 1.807) is 24.0 Å². The predicted molar refractivity (Wildman–Crippen MR) is 54.8 cm³/mol. The smallest absolute Gasteiger partial charge is 0.0963 e. The van der Waals surface area contributed by atoms with E-state index >= 15 is 0 Å². The lowest BCUT2D eigenvalue weighted by molar-refractivity contribution is 0.979. The molecule has 1 unspecified atom stereocenters. The number of hydrogen-bond donors (Lipinski definition) is 0. The van der Waals surface area contributed by atoms with Gasteiger partial charge in [-0.05, 0) is 12.1 Å². The molecule has 0 N–H and O–H groups in total. The molecule has 1 rings (SSSR count). The van der Waals surface area contributed by atoms with Crippen LogP contribution in [-0.4, -0.2) is 10.2 Å². The summed E-state index contributed by atoms with van der Waals surface area (Å²) in [4.78, 5) is 4.12. The Morgan fingerprint density at radius 1 is 1.69 bits per heavy atom. The molecule has 0 bridgehead atoms. The molecular weight excluding hydrogens is 204 g/mol. The van der Waals surface area contributed by atoms with Crippen LogP contribution < -0.4 is 0 Å². The van der Waals surface area contributed by atoms with Gasteiger partial charge in [0.05, 0.1) is 16.1 Å². The minimum Gasteiger partial charge on any atom is -0.248 e. The van der Waals surface area contributed by atoms with Crippen LogP contribution in [0.3, 0.4) is 0 Å². The van der Waals surface area contributed by atoms with Crippen LogP contribution in [0.25, 0.3) is 0 Å². The molecule has 0 fully saturated rings. The van der Waals surface area contributed by atoms with E-state index in [-0.39, 0.29) is 5.25 Å². The summed E-state index contributed by atoms with van der Waals surface area (Å²) in [6, 6.07) is 5.79. The standard InChI is InChI=1S/C9H9ClN2S/c1-7(4-5-11)13-9-3-2-8(10)6-12-9/h2-3,6-7H,4H2,1H3. The molecule has 0 spiro atoms. The second-order valence-corrected chi connectivity index (χ2v) is 4.50. The SMILES string of the molecule is CC(CC#N)Sc1ccc(Cl)cn1. The summed E-state index contributed by atoms with van der Waals surface area (Å²) in [6.07, 6.45) is 2.15. The second-order valence-electron chi connectivity index (χ2n) is 2.61. The molecule has 0 aliphatic rings. The van der Waals surface area contributed by atoms with E-state index in [0.29, 0.717) is 11.4 Å². The zero-order chi connectivity index (χ0) is 9.68. The van der Waals surface area contributed by atoms with Gasteiger partial charge < -0.3 is 0 Å². The number of hydrogen-bond acceptors (Lipinski definition) is 3. The first-order valence-electron chi connectivity index (χ1n) is 3.87. The highest BCUT2D eigenvalue weighted by Gasteiger charge is 2.04. The molecule has 1 atom stereocenters. The van der Waals surface area contributed by atoms with Gasteiger partial charge in [-0.25, -0.2) is 4.98 Å². The molecule has 2 nitrogen and oxygen atoms in total. The van der Waals surface area contributed by atoms with Crippen molar-refractivity contribution in [3.63, 3.8) is 0 Å².